The van der Waals surface area contributed by atoms with Crippen molar-refractivity contribution in [3.8, 4) is 22.9 Å². The summed E-state index contributed by atoms with van der Waals surface area (Å²) in [6, 6.07) is 16.7. The molecule has 2 aromatic rings. The zero-order valence-electron chi connectivity index (χ0n) is 16.6. The number of hydrogen-bond donors (Lipinski definition) is 0. The Balaban J connectivity index is 1.55. The van der Waals surface area contributed by atoms with E-state index in [2.05, 4.69) is 29.2 Å². The summed E-state index contributed by atoms with van der Waals surface area (Å²) in [5, 5.41) is 9.91. The van der Waals surface area contributed by atoms with Crippen LogP contribution in [0.3, 0.4) is 0 Å². The van der Waals surface area contributed by atoms with E-state index in [0.717, 1.165) is 79.4 Å². The van der Waals surface area contributed by atoms with Gasteiger partial charge in [0.05, 0.1) is 12.2 Å². The van der Waals surface area contributed by atoms with Gasteiger partial charge in [-0.25, -0.2) is 0 Å². The van der Waals surface area contributed by atoms with Crippen LogP contribution in [0, 0.1) is 17.2 Å². The van der Waals surface area contributed by atoms with Crippen LogP contribution in [-0.4, -0.2) is 37.3 Å². The summed E-state index contributed by atoms with van der Waals surface area (Å²) in [4.78, 5) is 2.42. The van der Waals surface area contributed by atoms with E-state index in [1.165, 1.54) is 0 Å². The zero-order valence-corrected chi connectivity index (χ0v) is 17.4. The number of likely N-dealkylation sites (tertiary alicyclic amines) is 1. The second-order valence-corrected chi connectivity index (χ2v) is 8.34. The van der Waals surface area contributed by atoms with E-state index < -0.39 is 0 Å². The van der Waals surface area contributed by atoms with Crippen LogP contribution < -0.4 is 4.74 Å². The van der Waals surface area contributed by atoms with Crippen molar-refractivity contribution in [1.82, 2.24) is 4.90 Å². The van der Waals surface area contributed by atoms with Gasteiger partial charge < -0.3 is 9.47 Å². The largest absolute Gasteiger partial charge is 0.491 e. The smallest absolute Gasteiger partial charge is 0.123 e. The average molecular weight is 411 g/mol. The molecule has 2 saturated heterocycles. The molecule has 5 heteroatoms. The van der Waals surface area contributed by atoms with Crippen molar-refractivity contribution in [3.05, 3.63) is 53.1 Å². The second-order valence-electron chi connectivity index (χ2n) is 7.93. The molecule has 0 aromatic heterocycles. The van der Waals surface area contributed by atoms with Crippen LogP contribution in [0.15, 0.2) is 42.5 Å². The van der Waals surface area contributed by atoms with Gasteiger partial charge in [0.2, 0.25) is 0 Å². The topological polar surface area (TPSA) is 45.5 Å². The number of nitrogens with zero attached hydrogens (tertiary/aromatic N) is 2. The van der Waals surface area contributed by atoms with Gasteiger partial charge in [0.25, 0.3) is 0 Å². The third kappa shape index (κ3) is 5.11. The predicted molar refractivity (Wildman–Crippen MR) is 115 cm³/mol. The molecule has 1 unspecified atom stereocenters. The van der Waals surface area contributed by atoms with Gasteiger partial charge in [-0.3, -0.25) is 4.90 Å². The van der Waals surface area contributed by atoms with Crippen LogP contribution >= 0.6 is 11.6 Å². The standard InChI is InChI=1S/C24H27ClN2O2/c25-23-6-2-1-5-22(23)19-7-8-24(29-17-21-4-3-13-28-21)20(14-19)16-27-11-9-18(15-26)10-12-27/h1-2,5-8,14,18,21H,3-4,9-13,16-17H2. The Morgan fingerprint density at radius 2 is 1.97 bits per heavy atom. The molecule has 152 valence electrons. The van der Waals surface area contributed by atoms with Crippen molar-refractivity contribution in [1.29, 1.82) is 5.26 Å². The molecule has 0 spiro atoms. The molecule has 0 amide bonds. The molecule has 29 heavy (non-hydrogen) atoms. The van der Waals surface area contributed by atoms with Crippen molar-refractivity contribution < 1.29 is 9.47 Å². The van der Waals surface area contributed by atoms with Crippen molar-refractivity contribution in [2.75, 3.05) is 26.3 Å². The van der Waals surface area contributed by atoms with E-state index in [1.54, 1.807) is 0 Å². The number of rotatable bonds is 6. The zero-order chi connectivity index (χ0) is 20.1. The Labute approximate surface area is 178 Å². The minimum absolute atomic E-state index is 0.191. The Kier molecular flexibility index (Phi) is 6.71. The van der Waals surface area contributed by atoms with Crippen molar-refractivity contribution in [3.63, 3.8) is 0 Å². The number of ether oxygens (including phenoxy) is 2. The molecule has 0 saturated carbocycles. The first kappa shape index (κ1) is 20.2. The van der Waals surface area contributed by atoms with E-state index in [1.807, 2.05) is 24.3 Å². The molecule has 0 bridgehead atoms. The van der Waals surface area contributed by atoms with Gasteiger partial charge in [-0.15, -0.1) is 0 Å². The fourth-order valence-electron chi connectivity index (χ4n) is 4.13. The number of hydrogen-bond acceptors (Lipinski definition) is 4. The van der Waals surface area contributed by atoms with Gasteiger partial charge in [0.1, 0.15) is 12.4 Å². The predicted octanol–water partition coefficient (Wildman–Crippen LogP) is 5.30. The van der Waals surface area contributed by atoms with Gasteiger partial charge in [-0.2, -0.15) is 5.26 Å². The normalized spacial score (nSPS) is 20.5. The van der Waals surface area contributed by atoms with Gasteiger partial charge in [0.15, 0.2) is 0 Å². The van der Waals surface area contributed by atoms with Crippen molar-refractivity contribution in [2.45, 2.75) is 38.3 Å². The van der Waals surface area contributed by atoms with E-state index in [0.29, 0.717) is 6.61 Å². The van der Waals surface area contributed by atoms with E-state index >= 15 is 0 Å². The summed E-state index contributed by atoms with van der Waals surface area (Å²) in [6.07, 6.45) is 4.24. The Hall–Kier alpha value is -2.06. The summed E-state index contributed by atoms with van der Waals surface area (Å²) in [5.41, 5.74) is 3.29. The fraction of sp³-hybridized carbons (Fsp3) is 0.458. The molecule has 2 aromatic carbocycles. The first-order valence-electron chi connectivity index (χ1n) is 10.5. The van der Waals surface area contributed by atoms with Gasteiger partial charge in [0, 0.05) is 35.2 Å². The van der Waals surface area contributed by atoms with Gasteiger partial charge >= 0.3 is 0 Å². The average Bonchev–Trinajstić information content (AvgIpc) is 3.27. The third-order valence-corrected chi connectivity index (χ3v) is 6.19. The molecular weight excluding hydrogens is 384 g/mol. The third-order valence-electron chi connectivity index (χ3n) is 5.86. The SMILES string of the molecule is N#CC1CCN(Cc2cc(-c3ccccc3Cl)ccc2OCC2CCCO2)CC1. The van der Waals surface area contributed by atoms with Gasteiger partial charge in [-0.05, 0) is 62.5 Å². The quantitative estimate of drug-likeness (QED) is 0.648. The maximum atomic E-state index is 9.16. The number of halogens is 1. The Bertz CT molecular complexity index is 865. The van der Waals surface area contributed by atoms with E-state index in [9.17, 15) is 0 Å². The molecule has 0 radical (unpaired) electrons. The van der Waals surface area contributed by atoms with Crippen LogP contribution in [0.5, 0.6) is 5.75 Å². The highest BCUT2D eigenvalue weighted by Gasteiger charge is 2.21. The molecule has 2 fully saturated rings. The highest BCUT2D eigenvalue weighted by atomic mass is 35.5. The summed E-state index contributed by atoms with van der Waals surface area (Å²) in [6.45, 7) is 4.13. The van der Waals surface area contributed by atoms with Crippen molar-refractivity contribution >= 4 is 11.6 Å². The lowest BCUT2D eigenvalue weighted by molar-refractivity contribution is 0.0672. The van der Waals surface area contributed by atoms with Crippen LogP contribution in [0.4, 0.5) is 0 Å². The summed E-state index contributed by atoms with van der Waals surface area (Å²) >= 11 is 6.43. The van der Waals surface area contributed by atoms with Gasteiger partial charge in [-0.1, -0.05) is 35.9 Å². The molecule has 4 rings (SSSR count). The first-order chi connectivity index (χ1) is 14.2. The van der Waals surface area contributed by atoms with Crippen LogP contribution in [0.2, 0.25) is 5.02 Å². The first-order valence-corrected chi connectivity index (χ1v) is 10.8. The molecule has 0 N–H and O–H groups in total. The molecule has 0 aliphatic carbocycles. The summed E-state index contributed by atoms with van der Waals surface area (Å²) in [7, 11) is 0. The molecule has 2 aliphatic rings. The lowest BCUT2D eigenvalue weighted by Gasteiger charge is -2.29. The molecular formula is C24H27ClN2O2. The molecule has 2 heterocycles. The van der Waals surface area contributed by atoms with Crippen LogP contribution in [0.25, 0.3) is 11.1 Å². The van der Waals surface area contributed by atoms with E-state index in [4.69, 9.17) is 26.3 Å². The Morgan fingerprint density at radius 3 is 2.69 bits per heavy atom. The minimum Gasteiger partial charge on any atom is -0.491 e. The second kappa shape index (κ2) is 9.63. The Morgan fingerprint density at radius 1 is 1.14 bits per heavy atom. The molecule has 1 atom stereocenters. The summed E-state index contributed by atoms with van der Waals surface area (Å²) in [5.74, 6) is 1.11. The maximum Gasteiger partial charge on any atom is 0.123 e. The summed E-state index contributed by atoms with van der Waals surface area (Å²) < 4.78 is 11.9. The molecule has 4 nitrogen and oxygen atoms in total. The lowest BCUT2D eigenvalue weighted by Crippen LogP contribution is -2.33. The minimum atomic E-state index is 0.191. The monoisotopic (exact) mass is 410 g/mol. The molecule has 2 aliphatic heterocycles. The number of benzene rings is 2. The lowest BCUT2D eigenvalue weighted by atomic mass is 9.97. The van der Waals surface area contributed by atoms with Crippen LogP contribution in [-0.2, 0) is 11.3 Å². The van der Waals surface area contributed by atoms with Crippen LogP contribution in [0.1, 0.15) is 31.2 Å². The van der Waals surface area contributed by atoms with Crippen molar-refractivity contribution in [2.24, 2.45) is 5.92 Å². The van der Waals surface area contributed by atoms with E-state index in [-0.39, 0.29) is 12.0 Å². The maximum absolute atomic E-state index is 9.16. The highest BCUT2D eigenvalue weighted by molar-refractivity contribution is 6.33. The number of nitriles is 1. The number of piperidine rings is 1. The fourth-order valence-corrected chi connectivity index (χ4v) is 4.37. The highest BCUT2D eigenvalue weighted by Crippen LogP contribution is 2.33.